The van der Waals surface area contributed by atoms with Crippen molar-refractivity contribution in [3.8, 4) is 0 Å². The molecule has 1 heterocycles. The van der Waals surface area contributed by atoms with Gasteiger partial charge in [0.1, 0.15) is 5.78 Å². The van der Waals surface area contributed by atoms with Crippen LogP contribution in [0.15, 0.2) is 0 Å². The number of hydrogen-bond acceptors (Lipinski definition) is 3. The molecule has 0 aromatic rings. The zero-order chi connectivity index (χ0) is 11.4. The maximum atomic E-state index is 11.3. The summed E-state index contributed by atoms with van der Waals surface area (Å²) in [6.45, 7) is 6.76. The van der Waals surface area contributed by atoms with Gasteiger partial charge in [-0.05, 0) is 20.3 Å². The van der Waals surface area contributed by atoms with Gasteiger partial charge >= 0.3 is 0 Å². The van der Waals surface area contributed by atoms with Gasteiger partial charge in [0.2, 0.25) is 0 Å². The van der Waals surface area contributed by atoms with Gasteiger partial charge < -0.3 is 4.90 Å². The summed E-state index contributed by atoms with van der Waals surface area (Å²) in [5.41, 5.74) is 0. The minimum atomic E-state index is -0.0286. The van der Waals surface area contributed by atoms with E-state index in [1.807, 2.05) is 6.92 Å². The van der Waals surface area contributed by atoms with Crippen molar-refractivity contribution in [2.24, 2.45) is 0 Å². The minimum absolute atomic E-state index is 0.0286. The van der Waals surface area contributed by atoms with Gasteiger partial charge in [-0.2, -0.15) is 0 Å². The maximum absolute atomic E-state index is 11.3. The Morgan fingerprint density at radius 2 is 2.20 bits per heavy atom. The van der Waals surface area contributed by atoms with Gasteiger partial charge in [-0.3, -0.25) is 10.2 Å². The lowest BCUT2D eigenvalue weighted by atomic mass is 10.1. The molecule has 1 rings (SSSR count). The molecule has 1 aliphatic rings. The summed E-state index contributed by atoms with van der Waals surface area (Å²) < 4.78 is 0. The Morgan fingerprint density at radius 1 is 1.53 bits per heavy atom. The summed E-state index contributed by atoms with van der Waals surface area (Å²) in [5, 5.41) is 8.37. The first-order chi connectivity index (χ1) is 7.07. The van der Waals surface area contributed by atoms with Crippen LogP contribution in [0.2, 0.25) is 0 Å². The van der Waals surface area contributed by atoms with Gasteiger partial charge in [0.05, 0.1) is 5.25 Å². The first-order valence-corrected chi connectivity index (χ1v) is 6.48. The van der Waals surface area contributed by atoms with Crippen molar-refractivity contribution >= 4 is 22.7 Å². The lowest BCUT2D eigenvalue weighted by Gasteiger charge is -2.23. The standard InChI is InChI=1S/C11H20N2OS/c1-4-5-6-7-13-8(2)10(9(3)14)15-11(13)12/h8,10,12H,4-7H2,1-3H3. The molecule has 0 bridgehead atoms. The monoisotopic (exact) mass is 228 g/mol. The molecule has 0 amide bonds. The van der Waals surface area contributed by atoms with Crippen LogP contribution in [0.3, 0.4) is 0 Å². The molecular formula is C11H20N2OS. The highest BCUT2D eigenvalue weighted by Gasteiger charge is 2.37. The summed E-state index contributed by atoms with van der Waals surface area (Å²) in [4.78, 5) is 13.4. The number of nitrogens with one attached hydrogen (secondary N) is 1. The van der Waals surface area contributed by atoms with Gasteiger partial charge in [0, 0.05) is 12.6 Å². The van der Waals surface area contributed by atoms with Crippen LogP contribution < -0.4 is 0 Å². The Hall–Kier alpha value is -0.510. The van der Waals surface area contributed by atoms with Crippen molar-refractivity contribution in [1.29, 1.82) is 5.41 Å². The molecule has 1 aliphatic heterocycles. The van der Waals surface area contributed by atoms with E-state index in [-0.39, 0.29) is 17.1 Å². The Morgan fingerprint density at radius 3 is 2.67 bits per heavy atom. The van der Waals surface area contributed by atoms with Crippen molar-refractivity contribution in [1.82, 2.24) is 4.90 Å². The molecule has 1 fully saturated rings. The van der Waals surface area contributed by atoms with Gasteiger partial charge in [0.15, 0.2) is 5.17 Å². The molecule has 1 saturated heterocycles. The second-order valence-corrected chi connectivity index (χ2v) is 5.23. The molecule has 0 radical (unpaired) electrons. The van der Waals surface area contributed by atoms with Crippen LogP contribution in [-0.2, 0) is 4.79 Å². The number of thioether (sulfide) groups is 1. The van der Waals surface area contributed by atoms with E-state index >= 15 is 0 Å². The smallest absolute Gasteiger partial charge is 0.157 e. The van der Waals surface area contributed by atoms with E-state index < -0.39 is 0 Å². The lowest BCUT2D eigenvalue weighted by Crippen LogP contribution is -2.37. The van der Waals surface area contributed by atoms with E-state index in [4.69, 9.17) is 5.41 Å². The fourth-order valence-corrected chi connectivity index (χ4v) is 3.04. The highest BCUT2D eigenvalue weighted by molar-refractivity contribution is 8.15. The zero-order valence-corrected chi connectivity index (χ0v) is 10.6. The Labute approximate surface area is 96.1 Å². The van der Waals surface area contributed by atoms with Crippen LogP contribution in [0.5, 0.6) is 0 Å². The van der Waals surface area contributed by atoms with Crippen molar-refractivity contribution in [2.75, 3.05) is 6.54 Å². The van der Waals surface area contributed by atoms with Crippen molar-refractivity contribution in [2.45, 2.75) is 51.3 Å². The molecule has 15 heavy (non-hydrogen) atoms. The van der Waals surface area contributed by atoms with Crippen LogP contribution >= 0.6 is 11.8 Å². The molecule has 1 N–H and O–H groups in total. The zero-order valence-electron chi connectivity index (χ0n) is 9.75. The van der Waals surface area contributed by atoms with Gasteiger partial charge in [-0.15, -0.1) is 0 Å². The van der Waals surface area contributed by atoms with E-state index in [1.54, 1.807) is 6.92 Å². The fourth-order valence-electron chi connectivity index (χ4n) is 1.89. The van der Waals surface area contributed by atoms with Crippen LogP contribution in [0.1, 0.15) is 40.0 Å². The van der Waals surface area contributed by atoms with Crippen molar-refractivity contribution in [3.05, 3.63) is 0 Å². The number of Topliss-reactive ketones (excluding diaryl/α,β-unsaturated/α-hetero) is 1. The Balaban J connectivity index is 2.51. The molecule has 2 atom stereocenters. The Bertz CT molecular complexity index is 255. The van der Waals surface area contributed by atoms with Crippen molar-refractivity contribution < 1.29 is 4.79 Å². The third-order valence-electron chi connectivity index (χ3n) is 2.83. The third kappa shape index (κ3) is 2.97. The van der Waals surface area contributed by atoms with E-state index in [0.717, 1.165) is 13.0 Å². The summed E-state index contributed by atoms with van der Waals surface area (Å²) >= 11 is 1.41. The molecule has 2 unspecified atom stereocenters. The normalized spacial score (nSPS) is 26.1. The highest BCUT2D eigenvalue weighted by Crippen LogP contribution is 2.31. The molecule has 3 nitrogen and oxygen atoms in total. The molecule has 0 spiro atoms. The Kier molecular flexibility index (Phi) is 4.64. The molecule has 0 aromatic heterocycles. The van der Waals surface area contributed by atoms with E-state index in [2.05, 4.69) is 11.8 Å². The predicted octanol–water partition coefficient (Wildman–Crippen LogP) is 2.51. The van der Waals surface area contributed by atoms with Crippen LogP contribution in [0.4, 0.5) is 0 Å². The van der Waals surface area contributed by atoms with Crippen LogP contribution in [-0.4, -0.2) is 33.7 Å². The van der Waals surface area contributed by atoms with Gasteiger partial charge in [-0.25, -0.2) is 0 Å². The molecule has 0 saturated carbocycles. The number of carbonyl (C=O) groups is 1. The summed E-state index contributed by atoms with van der Waals surface area (Å²) in [6, 6.07) is 0.192. The predicted molar refractivity (Wildman–Crippen MR) is 65.5 cm³/mol. The van der Waals surface area contributed by atoms with Gasteiger partial charge in [0.25, 0.3) is 0 Å². The second kappa shape index (κ2) is 5.54. The van der Waals surface area contributed by atoms with Crippen molar-refractivity contribution in [3.63, 3.8) is 0 Å². The number of unbranched alkanes of at least 4 members (excludes halogenated alkanes) is 2. The molecule has 4 heteroatoms. The quantitative estimate of drug-likeness (QED) is 0.735. The number of nitrogens with zero attached hydrogens (tertiary/aromatic N) is 1. The summed E-state index contributed by atoms with van der Waals surface area (Å²) in [7, 11) is 0. The third-order valence-corrected chi connectivity index (χ3v) is 4.27. The van der Waals surface area contributed by atoms with E-state index in [1.165, 1.54) is 24.6 Å². The molecule has 0 aliphatic carbocycles. The number of ketones is 1. The number of carbonyl (C=O) groups excluding carboxylic acids is 1. The average Bonchev–Trinajstić information content (AvgIpc) is 2.45. The van der Waals surface area contributed by atoms with E-state index in [0.29, 0.717) is 5.17 Å². The van der Waals surface area contributed by atoms with Crippen LogP contribution in [0, 0.1) is 5.41 Å². The van der Waals surface area contributed by atoms with E-state index in [9.17, 15) is 4.79 Å². The number of rotatable bonds is 5. The minimum Gasteiger partial charge on any atom is -0.347 e. The summed E-state index contributed by atoms with van der Waals surface area (Å²) in [6.07, 6.45) is 3.51. The first kappa shape index (κ1) is 12.6. The fraction of sp³-hybridized carbons (Fsp3) is 0.818. The SMILES string of the molecule is CCCCCN1C(=N)SC(C(C)=O)C1C. The number of hydrogen-bond donors (Lipinski definition) is 1. The lowest BCUT2D eigenvalue weighted by molar-refractivity contribution is -0.117. The number of amidine groups is 1. The highest BCUT2D eigenvalue weighted by atomic mass is 32.2. The largest absolute Gasteiger partial charge is 0.347 e. The molecule has 86 valence electrons. The topological polar surface area (TPSA) is 44.2 Å². The summed E-state index contributed by atoms with van der Waals surface area (Å²) in [5.74, 6) is 0.190. The maximum Gasteiger partial charge on any atom is 0.157 e. The van der Waals surface area contributed by atoms with Crippen LogP contribution in [0.25, 0.3) is 0 Å². The second-order valence-electron chi connectivity index (χ2n) is 4.10. The average molecular weight is 228 g/mol. The van der Waals surface area contributed by atoms with Gasteiger partial charge in [-0.1, -0.05) is 31.5 Å². The first-order valence-electron chi connectivity index (χ1n) is 5.60. The molecule has 0 aromatic carbocycles. The molecular weight excluding hydrogens is 208 g/mol.